The van der Waals surface area contributed by atoms with Crippen LogP contribution in [-0.4, -0.2) is 50.8 Å². The van der Waals surface area contributed by atoms with Gasteiger partial charge in [0, 0.05) is 19.7 Å². The largest absolute Gasteiger partial charge is 0.466 e. The molecule has 0 radical (unpaired) electrons. The van der Waals surface area contributed by atoms with Crippen LogP contribution in [0.15, 0.2) is 0 Å². The van der Waals surface area contributed by atoms with Crippen molar-refractivity contribution in [2.45, 2.75) is 26.2 Å². The van der Waals surface area contributed by atoms with Gasteiger partial charge in [-0.05, 0) is 32.7 Å². The molecule has 0 spiro atoms. The maximum absolute atomic E-state index is 11.1. The van der Waals surface area contributed by atoms with Crippen molar-refractivity contribution in [3.8, 4) is 0 Å². The Hall–Kier alpha value is -0.610. The molecule has 0 amide bonds. The molecule has 0 aromatic carbocycles. The topological polar surface area (TPSA) is 38.8 Å². The lowest BCUT2D eigenvalue weighted by Gasteiger charge is -2.15. The first-order valence-electron chi connectivity index (χ1n) is 6.14. The van der Waals surface area contributed by atoms with E-state index in [2.05, 4.69) is 4.90 Å². The molecular weight excluding hydrogens is 206 g/mol. The second-order valence-electron chi connectivity index (χ2n) is 4.38. The number of nitrogens with zero attached hydrogens (tertiary/aromatic N) is 1. The summed E-state index contributed by atoms with van der Waals surface area (Å²) < 4.78 is 10.4. The molecule has 94 valence electrons. The number of carbonyl (C=O) groups excluding carboxylic acids is 1. The summed E-state index contributed by atoms with van der Waals surface area (Å²) in [7, 11) is 2.00. The van der Waals surface area contributed by atoms with Gasteiger partial charge in [-0.2, -0.15) is 0 Å². The first kappa shape index (κ1) is 13.5. The Balaban J connectivity index is 1.88. The second kappa shape index (κ2) is 7.63. The van der Waals surface area contributed by atoms with Crippen LogP contribution in [0, 0.1) is 5.92 Å². The molecular formula is C12H23NO3. The lowest BCUT2D eigenvalue weighted by Crippen LogP contribution is -2.26. The van der Waals surface area contributed by atoms with Gasteiger partial charge < -0.3 is 14.4 Å². The Kier molecular flexibility index (Phi) is 6.42. The van der Waals surface area contributed by atoms with Gasteiger partial charge >= 0.3 is 5.97 Å². The zero-order valence-electron chi connectivity index (χ0n) is 10.4. The zero-order chi connectivity index (χ0) is 11.8. The van der Waals surface area contributed by atoms with E-state index in [9.17, 15) is 4.79 Å². The third kappa shape index (κ3) is 6.80. The van der Waals surface area contributed by atoms with Crippen molar-refractivity contribution in [2.75, 3.05) is 40.0 Å². The van der Waals surface area contributed by atoms with Crippen molar-refractivity contribution < 1.29 is 14.3 Å². The first-order valence-corrected chi connectivity index (χ1v) is 6.14. The van der Waals surface area contributed by atoms with Gasteiger partial charge in [-0.1, -0.05) is 0 Å². The monoisotopic (exact) mass is 229 g/mol. The summed E-state index contributed by atoms with van der Waals surface area (Å²) in [6, 6.07) is 0. The number of esters is 1. The van der Waals surface area contributed by atoms with Gasteiger partial charge in [0.2, 0.25) is 0 Å². The molecule has 0 heterocycles. The standard InChI is InChI=1S/C12H23NO3/c1-3-16-12(14)6-7-13(2)8-9-15-10-11-4-5-11/h11H,3-10H2,1-2H3. The molecule has 1 saturated carbocycles. The van der Waals surface area contributed by atoms with Gasteiger partial charge in [-0.25, -0.2) is 0 Å². The fraction of sp³-hybridized carbons (Fsp3) is 0.917. The van der Waals surface area contributed by atoms with E-state index in [1.165, 1.54) is 12.8 Å². The van der Waals surface area contributed by atoms with E-state index in [0.717, 1.165) is 32.2 Å². The molecule has 0 aliphatic heterocycles. The van der Waals surface area contributed by atoms with E-state index in [1.54, 1.807) is 0 Å². The molecule has 4 heteroatoms. The highest BCUT2D eigenvalue weighted by atomic mass is 16.5. The number of rotatable bonds is 9. The zero-order valence-corrected chi connectivity index (χ0v) is 10.4. The van der Waals surface area contributed by atoms with Crippen molar-refractivity contribution in [2.24, 2.45) is 5.92 Å². The highest BCUT2D eigenvalue weighted by Crippen LogP contribution is 2.28. The summed E-state index contributed by atoms with van der Waals surface area (Å²) >= 11 is 0. The number of likely N-dealkylation sites (N-methyl/N-ethyl adjacent to an activating group) is 1. The Morgan fingerprint density at radius 2 is 2.12 bits per heavy atom. The molecule has 0 unspecified atom stereocenters. The number of carbonyl (C=O) groups is 1. The van der Waals surface area contributed by atoms with Crippen molar-refractivity contribution in [3.05, 3.63) is 0 Å². The lowest BCUT2D eigenvalue weighted by atomic mass is 10.4. The predicted molar refractivity (Wildman–Crippen MR) is 62.3 cm³/mol. The minimum absolute atomic E-state index is 0.117. The third-order valence-corrected chi connectivity index (χ3v) is 2.67. The summed E-state index contributed by atoms with van der Waals surface area (Å²) in [5.41, 5.74) is 0. The Labute approximate surface area is 97.9 Å². The van der Waals surface area contributed by atoms with Crippen LogP contribution in [0.5, 0.6) is 0 Å². The fourth-order valence-corrected chi connectivity index (χ4v) is 1.38. The highest BCUT2D eigenvalue weighted by Gasteiger charge is 2.20. The molecule has 1 rings (SSSR count). The maximum Gasteiger partial charge on any atom is 0.307 e. The van der Waals surface area contributed by atoms with E-state index >= 15 is 0 Å². The number of hydrogen-bond donors (Lipinski definition) is 0. The average molecular weight is 229 g/mol. The lowest BCUT2D eigenvalue weighted by molar-refractivity contribution is -0.143. The number of ether oxygens (including phenoxy) is 2. The third-order valence-electron chi connectivity index (χ3n) is 2.67. The van der Waals surface area contributed by atoms with Crippen molar-refractivity contribution in [1.82, 2.24) is 4.90 Å². The minimum atomic E-state index is -0.117. The smallest absolute Gasteiger partial charge is 0.307 e. The summed E-state index contributed by atoms with van der Waals surface area (Å²) in [5.74, 6) is 0.707. The van der Waals surface area contributed by atoms with Gasteiger partial charge in [0.15, 0.2) is 0 Å². The van der Waals surface area contributed by atoms with Gasteiger partial charge in [-0.3, -0.25) is 4.79 Å². The SMILES string of the molecule is CCOC(=O)CCN(C)CCOCC1CC1. The Bertz CT molecular complexity index is 204. The quantitative estimate of drug-likeness (QED) is 0.441. The van der Waals surface area contributed by atoms with Crippen LogP contribution in [0.25, 0.3) is 0 Å². The predicted octanol–water partition coefficient (Wildman–Crippen LogP) is 1.30. The molecule has 1 aliphatic carbocycles. The van der Waals surface area contributed by atoms with Crippen LogP contribution in [0.4, 0.5) is 0 Å². The fourth-order valence-electron chi connectivity index (χ4n) is 1.38. The Morgan fingerprint density at radius 3 is 2.75 bits per heavy atom. The van der Waals surface area contributed by atoms with Crippen molar-refractivity contribution in [1.29, 1.82) is 0 Å². The van der Waals surface area contributed by atoms with E-state index in [-0.39, 0.29) is 5.97 Å². The molecule has 1 aliphatic rings. The minimum Gasteiger partial charge on any atom is -0.466 e. The number of hydrogen-bond acceptors (Lipinski definition) is 4. The molecule has 1 fully saturated rings. The van der Waals surface area contributed by atoms with Crippen LogP contribution in [0.1, 0.15) is 26.2 Å². The van der Waals surface area contributed by atoms with E-state index < -0.39 is 0 Å². The van der Waals surface area contributed by atoms with Gasteiger partial charge in [-0.15, -0.1) is 0 Å². The molecule has 0 saturated heterocycles. The van der Waals surface area contributed by atoms with Crippen molar-refractivity contribution >= 4 is 5.97 Å². The van der Waals surface area contributed by atoms with Gasteiger partial charge in [0.1, 0.15) is 0 Å². The van der Waals surface area contributed by atoms with E-state index in [1.807, 2.05) is 14.0 Å². The van der Waals surface area contributed by atoms with Crippen molar-refractivity contribution in [3.63, 3.8) is 0 Å². The van der Waals surface area contributed by atoms with E-state index in [0.29, 0.717) is 13.0 Å². The van der Waals surface area contributed by atoms with Crippen LogP contribution in [0.2, 0.25) is 0 Å². The second-order valence-corrected chi connectivity index (χ2v) is 4.38. The van der Waals surface area contributed by atoms with Crippen LogP contribution in [-0.2, 0) is 14.3 Å². The highest BCUT2D eigenvalue weighted by molar-refractivity contribution is 5.69. The molecule has 0 atom stereocenters. The summed E-state index contributed by atoms with van der Waals surface area (Å²) in [6.45, 7) is 5.58. The average Bonchev–Trinajstić information content (AvgIpc) is 3.06. The van der Waals surface area contributed by atoms with Crippen LogP contribution >= 0.6 is 0 Å². The van der Waals surface area contributed by atoms with Crippen LogP contribution in [0.3, 0.4) is 0 Å². The molecule has 0 bridgehead atoms. The van der Waals surface area contributed by atoms with Crippen LogP contribution < -0.4 is 0 Å². The van der Waals surface area contributed by atoms with E-state index in [4.69, 9.17) is 9.47 Å². The summed E-state index contributed by atoms with van der Waals surface area (Å²) in [5, 5.41) is 0. The summed E-state index contributed by atoms with van der Waals surface area (Å²) in [6.07, 6.45) is 3.13. The molecule has 0 N–H and O–H groups in total. The molecule has 0 aromatic rings. The van der Waals surface area contributed by atoms with Gasteiger partial charge in [0.25, 0.3) is 0 Å². The maximum atomic E-state index is 11.1. The molecule has 0 aromatic heterocycles. The normalized spacial score (nSPS) is 15.4. The summed E-state index contributed by atoms with van der Waals surface area (Å²) in [4.78, 5) is 13.2. The Morgan fingerprint density at radius 1 is 1.38 bits per heavy atom. The molecule has 16 heavy (non-hydrogen) atoms. The molecule has 4 nitrogen and oxygen atoms in total. The van der Waals surface area contributed by atoms with Gasteiger partial charge in [0.05, 0.1) is 19.6 Å². The first-order chi connectivity index (χ1) is 7.72.